The van der Waals surface area contributed by atoms with E-state index in [9.17, 15) is 18.0 Å². The van der Waals surface area contributed by atoms with Crippen LogP contribution < -0.4 is 0 Å². The number of alkyl halides is 3. The lowest BCUT2D eigenvalue weighted by molar-refractivity contribution is -0.124. The average Bonchev–Trinajstić information content (AvgIpc) is 2.89. The number of aliphatic imine (C=N–C) groups is 3. The van der Waals surface area contributed by atoms with Crippen LogP contribution in [-0.4, -0.2) is 67.3 Å². The lowest BCUT2D eigenvalue weighted by Gasteiger charge is -2.25. The third-order valence-corrected chi connectivity index (χ3v) is 4.02. The summed E-state index contributed by atoms with van der Waals surface area (Å²) in [6.07, 6.45) is 0.162. The highest BCUT2D eigenvalue weighted by Crippen LogP contribution is 2.34. The van der Waals surface area contributed by atoms with Gasteiger partial charge in [-0.15, -0.1) is 0 Å². The van der Waals surface area contributed by atoms with Gasteiger partial charge >= 0.3 is 6.18 Å². The molecule has 6 nitrogen and oxygen atoms in total. The number of dihydropyridines is 1. The number of carbonyl (C=O) groups is 1. The van der Waals surface area contributed by atoms with Gasteiger partial charge in [0.1, 0.15) is 5.82 Å². The Bertz CT molecular complexity index is 799. The van der Waals surface area contributed by atoms with Gasteiger partial charge in [-0.2, -0.15) is 13.2 Å². The maximum Gasteiger partial charge on any atom is 0.417 e. The second-order valence-electron chi connectivity index (χ2n) is 5.98. The fourth-order valence-corrected chi connectivity index (χ4v) is 2.74. The summed E-state index contributed by atoms with van der Waals surface area (Å²) >= 11 is 0. The van der Waals surface area contributed by atoms with Gasteiger partial charge in [0.05, 0.1) is 16.9 Å². The summed E-state index contributed by atoms with van der Waals surface area (Å²) in [5.41, 5.74) is 0.364. The van der Waals surface area contributed by atoms with E-state index in [4.69, 9.17) is 0 Å². The van der Waals surface area contributed by atoms with Crippen molar-refractivity contribution in [1.82, 2.24) is 9.80 Å². The largest absolute Gasteiger partial charge is 0.417 e. The Hall–Kier alpha value is -2.71. The maximum absolute atomic E-state index is 12.9. The molecule has 0 saturated heterocycles. The second kappa shape index (κ2) is 5.98. The lowest BCUT2D eigenvalue weighted by atomic mass is 10.0. The van der Waals surface area contributed by atoms with Crippen LogP contribution >= 0.6 is 0 Å². The van der Waals surface area contributed by atoms with Crippen LogP contribution in [0.4, 0.5) is 13.2 Å². The minimum atomic E-state index is -4.48. The number of amides is 1. The van der Waals surface area contributed by atoms with Crippen molar-refractivity contribution in [2.45, 2.75) is 18.8 Å². The quantitative estimate of drug-likeness (QED) is 0.725. The summed E-state index contributed by atoms with van der Waals surface area (Å²) in [4.78, 5) is 27.8. The van der Waals surface area contributed by atoms with Crippen molar-refractivity contribution in [2.75, 3.05) is 21.1 Å². The van der Waals surface area contributed by atoms with Gasteiger partial charge in [-0.1, -0.05) is 0 Å². The van der Waals surface area contributed by atoms with Gasteiger partial charge in [-0.3, -0.25) is 14.8 Å². The molecule has 1 amide bonds. The Morgan fingerprint density at radius 3 is 2.72 bits per heavy atom. The average molecular weight is 351 g/mol. The van der Waals surface area contributed by atoms with E-state index in [1.54, 1.807) is 32.3 Å². The van der Waals surface area contributed by atoms with Crippen molar-refractivity contribution in [1.29, 1.82) is 0 Å². The number of halogens is 3. The van der Waals surface area contributed by atoms with Crippen molar-refractivity contribution in [3.63, 3.8) is 0 Å². The maximum atomic E-state index is 12.9. The minimum Gasteiger partial charge on any atom is -0.345 e. The molecular formula is C16H16F3N5O. The van der Waals surface area contributed by atoms with E-state index in [-0.39, 0.29) is 11.6 Å². The molecule has 3 heterocycles. The molecule has 0 N–H and O–H groups in total. The molecule has 0 aromatic rings. The Kier molecular flexibility index (Phi) is 4.09. The molecule has 3 aliphatic rings. The highest BCUT2D eigenvalue weighted by molar-refractivity contribution is 6.09. The van der Waals surface area contributed by atoms with Gasteiger partial charge in [0, 0.05) is 51.8 Å². The van der Waals surface area contributed by atoms with E-state index in [2.05, 4.69) is 15.0 Å². The van der Waals surface area contributed by atoms with Crippen LogP contribution in [0.3, 0.4) is 0 Å². The van der Waals surface area contributed by atoms with Crippen LogP contribution in [-0.2, 0) is 4.79 Å². The Balaban J connectivity index is 2.05. The molecule has 0 radical (unpaired) electrons. The van der Waals surface area contributed by atoms with Gasteiger partial charge in [-0.25, -0.2) is 4.99 Å². The molecule has 132 valence electrons. The van der Waals surface area contributed by atoms with Gasteiger partial charge in [0.15, 0.2) is 6.17 Å². The first-order valence-electron chi connectivity index (χ1n) is 7.50. The van der Waals surface area contributed by atoms with Crippen molar-refractivity contribution < 1.29 is 18.0 Å². The first-order valence-corrected chi connectivity index (χ1v) is 7.50. The third kappa shape index (κ3) is 3.01. The van der Waals surface area contributed by atoms with Crippen molar-refractivity contribution in [2.24, 2.45) is 15.0 Å². The number of nitrogens with zero attached hydrogens (tertiary/aromatic N) is 5. The number of hydrogen-bond acceptors (Lipinski definition) is 5. The molecule has 9 heteroatoms. The number of fused-ring (bicyclic) bond motifs is 1. The lowest BCUT2D eigenvalue weighted by Crippen LogP contribution is -2.34. The Labute approximate surface area is 142 Å². The topological polar surface area (TPSA) is 60.6 Å². The van der Waals surface area contributed by atoms with Gasteiger partial charge < -0.3 is 9.80 Å². The molecular weight excluding hydrogens is 335 g/mol. The van der Waals surface area contributed by atoms with E-state index in [1.165, 1.54) is 11.1 Å². The molecule has 0 bridgehead atoms. The fourth-order valence-electron chi connectivity index (χ4n) is 2.74. The highest BCUT2D eigenvalue weighted by atomic mass is 19.4. The molecule has 3 rings (SSSR count). The Morgan fingerprint density at radius 1 is 1.36 bits per heavy atom. The molecule has 1 unspecified atom stereocenters. The number of carbonyl (C=O) groups excluding carboxylic acids is 1. The monoisotopic (exact) mass is 351 g/mol. The smallest absolute Gasteiger partial charge is 0.345 e. The van der Waals surface area contributed by atoms with Crippen LogP contribution in [0.25, 0.3) is 0 Å². The summed E-state index contributed by atoms with van der Waals surface area (Å²) in [5, 5.41) is 0. The first-order chi connectivity index (χ1) is 11.7. The van der Waals surface area contributed by atoms with E-state index in [1.807, 2.05) is 0 Å². The second-order valence-corrected chi connectivity index (χ2v) is 5.98. The molecule has 1 atom stereocenters. The zero-order valence-corrected chi connectivity index (χ0v) is 13.9. The molecule has 0 aromatic carbocycles. The summed E-state index contributed by atoms with van der Waals surface area (Å²) in [7, 11) is 4.93. The number of likely N-dealkylation sites (N-methyl/N-ethyl adjacent to an activating group) is 1. The van der Waals surface area contributed by atoms with Crippen molar-refractivity contribution in [3.05, 3.63) is 34.8 Å². The predicted molar refractivity (Wildman–Crippen MR) is 88.5 cm³/mol. The van der Waals surface area contributed by atoms with Crippen molar-refractivity contribution in [3.8, 4) is 0 Å². The molecule has 0 aromatic heterocycles. The molecule has 0 saturated carbocycles. The number of hydrogen-bond donors (Lipinski definition) is 0. The van der Waals surface area contributed by atoms with E-state index in [0.717, 1.165) is 12.3 Å². The van der Waals surface area contributed by atoms with E-state index >= 15 is 0 Å². The third-order valence-electron chi connectivity index (χ3n) is 4.02. The SMILES string of the molecule is CN(C)C(=O)C1=CN=CCC1=C1N=C2C=C(C(F)(F)F)C=NC2N1C. The van der Waals surface area contributed by atoms with Gasteiger partial charge in [-0.05, 0) is 6.08 Å². The fraction of sp³-hybridized carbons (Fsp3) is 0.375. The standard InChI is InChI=1S/C16H16F3N5O/c1-23(2)15(25)11-8-20-5-4-10(11)13-22-12-6-9(16(17,18)19)7-21-14(12)24(13)3/h5-8,14H,4H2,1-3H3. The number of rotatable bonds is 1. The van der Waals surface area contributed by atoms with Gasteiger partial charge in [0.25, 0.3) is 5.91 Å². The van der Waals surface area contributed by atoms with Crippen molar-refractivity contribution >= 4 is 24.0 Å². The van der Waals surface area contributed by atoms with Crippen LogP contribution in [0.15, 0.2) is 49.8 Å². The number of allylic oxidation sites excluding steroid dienone is 1. The zero-order chi connectivity index (χ0) is 18.4. The van der Waals surface area contributed by atoms with Crippen LogP contribution in [0.2, 0.25) is 0 Å². The van der Waals surface area contributed by atoms with E-state index in [0.29, 0.717) is 23.4 Å². The molecule has 0 spiro atoms. The zero-order valence-electron chi connectivity index (χ0n) is 13.9. The molecule has 0 aliphatic carbocycles. The molecule has 0 fully saturated rings. The van der Waals surface area contributed by atoms with Crippen LogP contribution in [0.5, 0.6) is 0 Å². The van der Waals surface area contributed by atoms with Gasteiger partial charge in [0.2, 0.25) is 0 Å². The summed E-state index contributed by atoms with van der Waals surface area (Å²) in [6, 6.07) is 0. The normalized spacial score (nSPS) is 25.4. The first kappa shape index (κ1) is 17.1. The van der Waals surface area contributed by atoms with Crippen LogP contribution in [0.1, 0.15) is 6.42 Å². The molecule has 3 aliphatic heterocycles. The predicted octanol–water partition coefficient (Wildman–Crippen LogP) is 1.93. The Morgan fingerprint density at radius 2 is 2.08 bits per heavy atom. The van der Waals surface area contributed by atoms with E-state index < -0.39 is 17.9 Å². The van der Waals surface area contributed by atoms with Crippen LogP contribution in [0, 0.1) is 0 Å². The highest BCUT2D eigenvalue weighted by Gasteiger charge is 2.39. The molecule has 25 heavy (non-hydrogen) atoms. The summed E-state index contributed by atoms with van der Waals surface area (Å²) in [6.45, 7) is 0. The summed E-state index contributed by atoms with van der Waals surface area (Å²) < 4.78 is 38.7. The minimum absolute atomic E-state index is 0.207. The summed E-state index contributed by atoms with van der Waals surface area (Å²) in [5.74, 6) is 0.197.